The van der Waals surface area contributed by atoms with E-state index in [1.165, 1.54) is 36.4 Å². The van der Waals surface area contributed by atoms with Crippen LogP contribution in [0.4, 0.5) is 62.2 Å². The van der Waals surface area contributed by atoms with Gasteiger partial charge >= 0.3 is 16.4 Å². The van der Waals surface area contributed by atoms with E-state index in [4.69, 9.17) is 27.1 Å². The van der Waals surface area contributed by atoms with Gasteiger partial charge in [0.2, 0.25) is 17.2 Å². The Morgan fingerprint density at radius 3 is 2.00 bits per heavy atom. The van der Waals surface area contributed by atoms with E-state index in [2.05, 4.69) is 70.2 Å². The average Bonchev–Trinajstić information content (AvgIpc) is 3.23. The number of rotatable bonds is 22. The first-order chi connectivity index (χ1) is 31.4. The largest absolute Gasteiger partial charge is 0.397 e. The Hall–Kier alpha value is -6.12. The lowest BCUT2D eigenvalue weighted by Gasteiger charge is -2.15. The number of nitrogens with one attached hydrogen (secondary N) is 4. The first kappa shape index (κ1) is 51.9. The maximum absolute atomic E-state index is 12.6. The number of sulfone groups is 1. The van der Waals surface area contributed by atoms with Crippen molar-refractivity contribution in [1.82, 2.24) is 15.0 Å². The quantitative estimate of drug-likeness (QED) is 0.0139. The molecule has 0 saturated carbocycles. The van der Waals surface area contributed by atoms with Crippen LogP contribution in [0.5, 0.6) is 0 Å². The lowest BCUT2D eigenvalue weighted by Crippen LogP contribution is -2.19. The van der Waals surface area contributed by atoms with Crippen LogP contribution in [0.25, 0.3) is 0 Å². The number of anilines is 6. The molecule has 29 nitrogen and oxygen atoms in total. The molecular formula is C32H31ClN12O17S5. The Morgan fingerprint density at radius 2 is 1.37 bits per heavy atom. The number of nitrogens with two attached hydrogens (primary N) is 1. The van der Waals surface area contributed by atoms with Crippen LogP contribution in [0, 0.1) is 0 Å². The standard InChI is InChI=1S/C32H31ClN12O17S5/c33-29-39-31(36-18-3-7-21(23(13-18)37-30(34)47)43-44-22-8-4-19(63-62-61-48)14-27(22)65(51,52)53)41-32(40-29)38-24-15-26(35-9-10-46)28(66(54,55)56)16-25(24)45-42-17-1-5-20(6-2-17)64(49,50)12-11-60-67(57,58)59/h1-8,13-16,35,46,48H,9-12H2,(H3,34,37,47)(H,51,52,53)(H,54,55,56)(H,57,58,59)(H2,36,38,39,40,41). The van der Waals surface area contributed by atoms with Crippen LogP contribution < -0.4 is 27.0 Å². The number of azo groups is 2. The second kappa shape index (κ2) is 22.1. The zero-order valence-corrected chi connectivity index (χ0v) is 37.9. The van der Waals surface area contributed by atoms with Crippen molar-refractivity contribution in [2.75, 3.05) is 46.8 Å². The molecule has 5 aromatic rings. The molecule has 0 spiro atoms. The van der Waals surface area contributed by atoms with Gasteiger partial charge in [-0.2, -0.15) is 45.3 Å². The number of carbonyl (C=O) groups is 1. The van der Waals surface area contributed by atoms with E-state index in [-0.39, 0.29) is 73.7 Å². The maximum atomic E-state index is 12.6. The van der Waals surface area contributed by atoms with E-state index >= 15 is 0 Å². The fourth-order valence-corrected chi connectivity index (χ4v) is 8.58. The summed E-state index contributed by atoms with van der Waals surface area (Å²) in [7, 11) is -18.8. The number of nitrogens with zero attached hydrogens (tertiary/aromatic N) is 7. The lowest BCUT2D eigenvalue weighted by molar-refractivity contribution is -0.432. The van der Waals surface area contributed by atoms with E-state index in [1.807, 2.05) is 0 Å². The molecule has 0 unspecified atom stereocenters. The van der Waals surface area contributed by atoms with Crippen LogP contribution in [0.2, 0.25) is 5.28 Å². The number of urea groups is 1. The molecule has 0 radical (unpaired) electrons. The molecule has 67 heavy (non-hydrogen) atoms. The van der Waals surface area contributed by atoms with Gasteiger partial charge in [0.1, 0.15) is 26.9 Å². The van der Waals surface area contributed by atoms with Gasteiger partial charge in [-0.3, -0.25) is 13.7 Å². The summed E-state index contributed by atoms with van der Waals surface area (Å²) in [5.41, 5.74) is 4.38. The SMILES string of the molecule is NC(=O)Nc1cc(Nc2nc(Cl)nc(Nc3cc(NCCO)c(S(=O)(=O)O)cc3N=Nc3ccc(S(=O)(=O)CCOS(=O)(=O)O)cc3)n2)ccc1N=Nc1ccc(SOOO)cc1S(=O)(=O)O. The van der Waals surface area contributed by atoms with Crippen molar-refractivity contribution in [3.8, 4) is 0 Å². The van der Waals surface area contributed by atoms with Crippen LogP contribution in [-0.2, 0) is 54.0 Å². The summed E-state index contributed by atoms with van der Waals surface area (Å²) < 4.78 is 133. The monoisotopic (exact) mass is 1050 g/mol. The van der Waals surface area contributed by atoms with Gasteiger partial charge in [-0.05, 0) is 84.4 Å². The molecular weight excluding hydrogens is 1020 g/mol. The van der Waals surface area contributed by atoms with E-state index in [0.717, 1.165) is 36.4 Å². The number of primary amides is 1. The molecule has 0 fully saturated rings. The fourth-order valence-electron chi connectivity index (χ4n) is 5.14. The van der Waals surface area contributed by atoms with E-state index in [1.54, 1.807) is 0 Å². The van der Waals surface area contributed by atoms with E-state index in [9.17, 15) is 52.7 Å². The Labute approximate surface area is 387 Å². The number of aliphatic hydroxyl groups is 1. The van der Waals surface area contributed by atoms with Crippen LogP contribution in [0.15, 0.2) is 113 Å². The smallest absolute Gasteiger partial charge is 0.395 e. The summed E-state index contributed by atoms with van der Waals surface area (Å²) >= 11 is 6.64. The van der Waals surface area contributed by atoms with Crippen molar-refractivity contribution in [3.63, 3.8) is 0 Å². The topological polar surface area (TPSA) is 445 Å². The average molecular weight is 1050 g/mol. The molecule has 0 aliphatic carbocycles. The highest BCUT2D eigenvalue weighted by atomic mass is 35.5. The Kier molecular flexibility index (Phi) is 17.1. The van der Waals surface area contributed by atoms with Gasteiger partial charge in [-0.1, -0.05) is 5.04 Å². The predicted molar refractivity (Wildman–Crippen MR) is 234 cm³/mol. The van der Waals surface area contributed by atoms with Gasteiger partial charge in [0.15, 0.2) is 9.84 Å². The molecule has 358 valence electrons. The molecule has 11 N–H and O–H groups in total. The third-order valence-corrected chi connectivity index (χ3v) is 12.5. The minimum Gasteiger partial charge on any atom is -0.395 e. The molecule has 0 bridgehead atoms. The number of aromatic nitrogens is 3. The molecule has 35 heteroatoms. The zero-order valence-electron chi connectivity index (χ0n) is 33.0. The van der Waals surface area contributed by atoms with Crippen molar-refractivity contribution in [3.05, 3.63) is 78.1 Å². The first-order valence-electron chi connectivity index (χ1n) is 17.6. The third kappa shape index (κ3) is 15.5. The number of hydrogen-bond donors (Lipinski definition) is 10. The van der Waals surface area contributed by atoms with Gasteiger partial charge in [0, 0.05) is 17.1 Å². The minimum absolute atomic E-state index is 0.0137. The third-order valence-electron chi connectivity index (χ3n) is 7.86. The zero-order chi connectivity index (χ0) is 49.2. The second-order valence-electron chi connectivity index (χ2n) is 12.5. The van der Waals surface area contributed by atoms with Crippen LogP contribution in [-0.4, -0.2) is 104 Å². The number of aliphatic hydroxyl groups excluding tert-OH is 1. The summed E-state index contributed by atoms with van der Waals surface area (Å²) in [6, 6.07) is 12.9. The molecule has 0 atom stereocenters. The first-order valence-corrected chi connectivity index (χ1v) is 24.7. The van der Waals surface area contributed by atoms with Gasteiger partial charge in [-0.15, -0.1) is 19.7 Å². The molecule has 2 amide bonds. The number of hydrogen-bond acceptors (Lipinski definition) is 25. The van der Waals surface area contributed by atoms with Crippen molar-refractivity contribution in [2.45, 2.75) is 19.6 Å². The molecule has 0 saturated heterocycles. The Morgan fingerprint density at radius 1 is 0.731 bits per heavy atom. The number of carbonyl (C=O) groups excluding carboxylic acids is 1. The number of benzene rings is 4. The number of halogens is 1. The summed E-state index contributed by atoms with van der Waals surface area (Å²) in [6.45, 7) is -1.52. The maximum Gasteiger partial charge on any atom is 0.397 e. The van der Waals surface area contributed by atoms with Crippen LogP contribution in [0.3, 0.4) is 0 Å². The molecule has 1 aromatic heterocycles. The van der Waals surface area contributed by atoms with Crippen LogP contribution >= 0.6 is 23.6 Å². The van der Waals surface area contributed by atoms with Crippen molar-refractivity contribution in [1.29, 1.82) is 0 Å². The summed E-state index contributed by atoms with van der Waals surface area (Å²) in [6.07, 6.45) is 0. The highest BCUT2D eigenvalue weighted by Gasteiger charge is 2.22. The Bertz CT molecular complexity index is 3170. The van der Waals surface area contributed by atoms with Gasteiger partial charge in [0.25, 0.3) is 20.2 Å². The van der Waals surface area contributed by atoms with Crippen molar-refractivity contribution < 1.29 is 76.0 Å². The van der Waals surface area contributed by atoms with Gasteiger partial charge < -0.3 is 32.1 Å². The molecule has 4 aromatic carbocycles. The summed E-state index contributed by atoms with van der Waals surface area (Å²) in [5, 5.41) is 47.3. The lowest BCUT2D eigenvalue weighted by atomic mass is 10.2. The molecule has 0 aliphatic rings. The minimum atomic E-state index is -4.96. The van der Waals surface area contributed by atoms with Gasteiger partial charge in [-0.25, -0.2) is 22.7 Å². The molecule has 1 heterocycles. The highest BCUT2D eigenvalue weighted by molar-refractivity contribution is 7.94. The number of amides is 2. The highest BCUT2D eigenvalue weighted by Crippen LogP contribution is 2.38. The molecule has 5 rings (SSSR count). The summed E-state index contributed by atoms with van der Waals surface area (Å²) in [5.74, 6) is -1.37. The van der Waals surface area contributed by atoms with Crippen LogP contribution in [0.1, 0.15) is 0 Å². The second-order valence-corrected chi connectivity index (χ2v) is 19.6. The van der Waals surface area contributed by atoms with E-state index in [0.29, 0.717) is 12.0 Å². The predicted octanol–water partition coefficient (Wildman–Crippen LogP) is 5.25. The molecule has 0 aliphatic heterocycles. The Balaban J connectivity index is 1.46. The van der Waals surface area contributed by atoms with Gasteiger partial charge in [0.05, 0.1) is 58.7 Å². The van der Waals surface area contributed by atoms with E-state index < -0.39 is 80.5 Å². The summed E-state index contributed by atoms with van der Waals surface area (Å²) in [4.78, 5) is 22.6. The van der Waals surface area contributed by atoms with Crippen molar-refractivity contribution >= 4 is 128 Å². The normalized spacial score (nSPS) is 12.4. The van der Waals surface area contributed by atoms with Crippen molar-refractivity contribution in [2.24, 2.45) is 26.2 Å². The fraction of sp³-hybridized carbons (Fsp3) is 0.125.